The van der Waals surface area contributed by atoms with E-state index in [0.717, 1.165) is 38.4 Å². The second-order valence-electron chi connectivity index (χ2n) is 4.83. The lowest BCUT2D eigenvalue weighted by molar-refractivity contribution is -0.113. The van der Waals surface area contributed by atoms with Crippen LogP contribution in [0.5, 0.6) is 0 Å². The highest BCUT2D eigenvalue weighted by molar-refractivity contribution is 5.58. The van der Waals surface area contributed by atoms with E-state index in [-0.39, 0.29) is 6.04 Å². The van der Waals surface area contributed by atoms with Crippen LogP contribution in [0.4, 0.5) is 0 Å². The van der Waals surface area contributed by atoms with Crippen LogP contribution >= 0.6 is 0 Å². The van der Waals surface area contributed by atoms with Crippen molar-refractivity contribution in [2.75, 3.05) is 26.2 Å². The van der Waals surface area contributed by atoms with E-state index < -0.39 is 0 Å². The maximum absolute atomic E-state index is 11.0. The zero-order valence-electron chi connectivity index (χ0n) is 10.2. The number of nitrogens with one attached hydrogen (secondary N) is 1. The summed E-state index contributed by atoms with van der Waals surface area (Å²) >= 11 is 0. The van der Waals surface area contributed by atoms with E-state index >= 15 is 0 Å². The van der Waals surface area contributed by atoms with Crippen LogP contribution in [0.2, 0.25) is 0 Å². The Morgan fingerprint density at radius 3 is 2.80 bits per heavy atom. The van der Waals surface area contributed by atoms with Gasteiger partial charge in [-0.25, -0.2) is 0 Å². The van der Waals surface area contributed by atoms with Gasteiger partial charge in [-0.3, -0.25) is 4.90 Å². The molecule has 0 saturated carbocycles. The molecule has 1 aliphatic rings. The number of rotatable bonds is 6. The summed E-state index contributed by atoms with van der Waals surface area (Å²) in [4.78, 5) is 13.3. The molecule has 0 amide bonds. The molecule has 0 spiro atoms. The van der Waals surface area contributed by atoms with Gasteiger partial charge in [0.05, 0.1) is 6.04 Å². The molecule has 0 aromatic carbocycles. The highest BCUT2D eigenvalue weighted by atomic mass is 16.1. The SMILES string of the molecule is CCNCC1CCN(C(C=O)C(C)C)C1. The summed E-state index contributed by atoms with van der Waals surface area (Å²) < 4.78 is 0. The maximum Gasteiger partial charge on any atom is 0.137 e. The zero-order valence-corrected chi connectivity index (χ0v) is 10.2. The standard InChI is InChI=1S/C12H24N2O/c1-4-13-7-11-5-6-14(8-11)12(9-15)10(2)3/h9-13H,4-8H2,1-3H3. The van der Waals surface area contributed by atoms with Crippen molar-refractivity contribution in [2.45, 2.75) is 33.2 Å². The molecule has 3 heteroatoms. The van der Waals surface area contributed by atoms with Crippen LogP contribution in [0.3, 0.4) is 0 Å². The van der Waals surface area contributed by atoms with Crippen molar-refractivity contribution in [2.24, 2.45) is 11.8 Å². The first-order chi connectivity index (χ1) is 7.19. The summed E-state index contributed by atoms with van der Waals surface area (Å²) in [5, 5.41) is 3.38. The van der Waals surface area contributed by atoms with Crippen LogP contribution in [0.1, 0.15) is 27.2 Å². The van der Waals surface area contributed by atoms with Crippen LogP contribution in [0.15, 0.2) is 0 Å². The van der Waals surface area contributed by atoms with Gasteiger partial charge in [0.2, 0.25) is 0 Å². The third-order valence-electron chi connectivity index (χ3n) is 3.24. The van der Waals surface area contributed by atoms with Gasteiger partial charge in [0.25, 0.3) is 0 Å². The van der Waals surface area contributed by atoms with Crippen LogP contribution in [-0.2, 0) is 4.79 Å². The summed E-state index contributed by atoms with van der Waals surface area (Å²) in [6, 6.07) is 0.122. The molecular weight excluding hydrogens is 188 g/mol. The van der Waals surface area contributed by atoms with Crippen LogP contribution < -0.4 is 5.32 Å². The molecule has 1 aliphatic heterocycles. The fourth-order valence-corrected chi connectivity index (χ4v) is 2.31. The average molecular weight is 212 g/mol. The second kappa shape index (κ2) is 6.23. The van der Waals surface area contributed by atoms with Gasteiger partial charge in [0, 0.05) is 6.54 Å². The molecule has 0 aromatic rings. The van der Waals surface area contributed by atoms with Crippen molar-refractivity contribution in [1.82, 2.24) is 10.2 Å². The Morgan fingerprint density at radius 2 is 2.27 bits per heavy atom. The van der Waals surface area contributed by atoms with Gasteiger partial charge in [-0.05, 0) is 37.9 Å². The van der Waals surface area contributed by atoms with Gasteiger partial charge in [-0.15, -0.1) is 0 Å². The van der Waals surface area contributed by atoms with Crippen molar-refractivity contribution in [1.29, 1.82) is 0 Å². The molecule has 0 aliphatic carbocycles. The molecular formula is C12H24N2O. The Morgan fingerprint density at radius 1 is 1.53 bits per heavy atom. The molecule has 2 unspecified atom stereocenters. The first kappa shape index (κ1) is 12.7. The van der Waals surface area contributed by atoms with Gasteiger partial charge < -0.3 is 10.1 Å². The maximum atomic E-state index is 11.0. The summed E-state index contributed by atoms with van der Waals surface area (Å²) in [5.74, 6) is 1.16. The first-order valence-electron chi connectivity index (χ1n) is 6.09. The van der Waals surface area contributed by atoms with E-state index in [9.17, 15) is 4.79 Å². The van der Waals surface area contributed by atoms with E-state index in [1.54, 1.807) is 0 Å². The Labute approximate surface area is 93.2 Å². The van der Waals surface area contributed by atoms with Gasteiger partial charge in [0.15, 0.2) is 0 Å². The topological polar surface area (TPSA) is 32.3 Å². The molecule has 1 heterocycles. The van der Waals surface area contributed by atoms with E-state index in [4.69, 9.17) is 0 Å². The van der Waals surface area contributed by atoms with Gasteiger partial charge in [0.1, 0.15) is 6.29 Å². The van der Waals surface area contributed by atoms with Gasteiger partial charge in [-0.2, -0.15) is 0 Å². The zero-order chi connectivity index (χ0) is 11.3. The van der Waals surface area contributed by atoms with Gasteiger partial charge >= 0.3 is 0 Å². The molecule has 1 saturated heterocycles. The van der Waals surface area contributed by atoms with Crippen molar-refractivity contribution >= 4 is 6.29 Å². The van der Waals surface area contributed by atoms with Gasteiger partial charge in [-0.1, -0.05) is 20.8 Å². The molecule has 15 heavy (non-hydrogen) atoms. The summed E-state index contributed by atoms with van der Waals surface area (Å²) in [5.41, 5.74) is 0. The van der Waals surface area contributed by atoms with E-state index in [2.05, 4.69) is 31.0 Å². The normalized spacial score (nSPS) is 24.7. The third-order valence-corrected chi connectivity index (χ3v) is 3.24. The molecule has 0 bridgehead atoms. The van der Waals surface area contributed by atoms with E-state index in [0.29, 0.717) is 5.92 Å². The highest BCUT2D eigenvalue weighted by Gasteiger charge is 2.29. The lowest BCUT2D eigenvalue weighted by Crippen LogP contribution is -2.39. The fourth-order valence-electron chi connectivity index (χ4n) is 2.31. The van der Waals surface area contributed by atoms with E-state index in [1.165, 1.54) is 6.42 Å². The minimum absolute atomic E-state index is 0.122. The quantitative estimate of drug-likeness (QED) is 0.670. The Bertz CT molecular complexity index is 194. The Hall–Kier alpha value is -0.410. The molecule has 0 aromatic heterocycles. The number of likely N-dealkylation sites (tertiary alicyclic amines) is 1. The Balaban J connectivity index is 2.37. The van der Waals surface area contributed by atoms with Crippen molar-refractivity contribution in [3.05, 3.63) is 0 Å². The van der Waals surface area contributed by atoms with E-state index in [1.807, 2.05) is 0 Å². The van der Waals surface area contributed by atoms with Crippen molar-refractivity contribution in [3.63, 3.8) is 0 Å². The lowest BCUT2D eigenvalue weighted by atomic mass is 10.0. The van der Waals surface area contributed by atoms with Crippen molar-refractivity contribution < 1.29 is 4.79 Å². The molecule has 1 rings (SSSR count). The Kier molecular flexibility index (Phi) is 5.26. The predicted octanol–water partition coefficient (Wildman–Crippen LogP) is 1.14. The molecule has 1 N–H and O–H groups in total. The van der Waals surface area contributed by atoms with Crippen LogP contribution in [0, 0.1) is 11.8 Å². The third kappa shape index (κ3) is 3.58. The van der Waals surface area contributed by atoms with Crippen molar-refractivity contribution in [3.8, 4) is 0 Å². The molecule has 0 radical (unpaired) electrons. The number of hydrogen-bond donors (Lipinski definition) is 1. The van der Waals surface area contributed by atoms with Crippen LogP contribution in [-0.4, -0.2) is 43.4 Å². The molecule has 1 fully saturated rings. The monoisotopic (exact) mass is 212 g/mol. The summed E-state index contributed by atoms with van der Waals surface area (Å²) in [6.07, 6.45) is 2.34. The number of nitrogens with zero attached hydrogens (tertiary/aromatic N) is 1. The summed E-state index contributed by atoms with van der Waals surface area (Å²) in [6.45, 7) is 10.7. The minimum atomic E-state index is 0.122. The number of aldehydes is 1. The smallest absolute Gasteiger partial charge is 0.137 e. The fraction of sp³-hybridized carbons (Fsp3) is 0.917. The van der Waals surface area contributed by atoms with Crippen LogP contribution in [0.25, 0.3) is 0 Å². The molecule has 2 atom stereocenters. The lowest BCUT2D eigenvalue weighted by Gasteiger charge is -2.26. The number of carbonyl (C=O) groups is 1. The summed E-state index contributed by atoms with van der Waals surface area (Å²) in [7, 11) is 0. The first-order valence-corrected chi connectivity index (χ1v) is 6.09. The minimum Gasteiger partial charge on any atom is -0.317 e. The molecule has 88 valence electrons. The largest absolute Gasteiger partial charge is 0.317 e. The second-order valence-corrected chi connectivity index (χ2v) is 4.83. The molecule has 3 nitrogen and oxygen atoms in total. The number of carbonyl (C=O) groups excluding carboxylic acids is 1. The highest BCUT2D eigenvalue weighted by Crippen LogP contribution is 2.20. The average Bonchev–Trinajstić information content (AvgIpc) is 2.64. The number of hydrogen-bond acceptors (Lipinski definition) is 3. The predicted molar refractivity (Wildman–Crippen MR) is 62.9 cm³/mol.